The number of carbonyl (C=O) groups is 1. The van der Waals surface area contributed by atoms with E-state index in [0.717, 1.165) is 11.3 Å². The average Bonchev–Trinajstić information content (AvgIpc) is 2.97. The van der Waals surface area contributed by atoms with Crippen LogP contribution in [-0.4, -0.2) is 21.0 Å². The number of hydrogen-bond acceptors (Lipinski definition) is 3. The predicted molar refractivity (Wildman–Crippen MR) is 84.4 cm³/mol. The normalized spacial score (nSPS) is 20.4. The van der Waals surface area contributed by atoms with Gasteiger partial charge in [0.25, 0.3) is 0 Å². The van der Waals surface area contributed by atoms with E-state index in [1.54, 1.807) is 37.5 Å². The minimum absolute atomic E-state index is 0.377. The highest BCUT2D eigenvalue weighted by atomic mass is 19.1. The fraction of sp³-hybridized carbons (Fsp3) is 0.278. The van der Waals surface area contributed by atoms with Crippen LogP contribution in [0.25, 0.3) is 5.57 Å². The first kappa shape index (κ1) is 15.3. The molecule has 1 N–H and O–H groups in total. The second-order valence-corrected chi connectivity index (χ2v) is 5.90. The second-order valence-electron chi connectivity index (χ2n) is 5.90. The monoisotopic (exact) mass is 312 g/mol. The highest BCUT2D eigenvalue weighted by molar-refractivity contribution is 5.89. The number of aromatic nitrogens is 2. The molecule has 4 nitrogen and oxygen atoms in total. The summed E-state index contributed by atoms with van der Waals surface area (Å²) in [7, 11) is 0. The molecule has 0 radical (unpaired) electrons. The van der Waals surface area contributed by atoms with E-state index in [9.17, 15) is 14.3 Å². The van der Waals surface area contributed by atoms with Gasteiger partial charge in [-0.1, -0.05) is 18.2 Å². The van der Waals surface area contributed by atoms with Crippen LogP contribution in [-0.2, 0) is 10.2 Å². The van der Waals surface area contributed by atoms with Gasteiger partial charge in [0, 0.05) is 6.20 Å². The van der Waals surface area contributed by atoms with Crippen LogP contribution in [0.5, 0.6) is 0 Å². The van der Waals surface area contributed by atoms with Gasteiger partial charge in [0.1, 0.15) is 11.2 Å². The van der Waals surface area contributed by atoms with Gasteiger partial charge in [0.2, 0.25) is 0 Å². The Morgan fingerprint density at radius 1 is 1.26 bits per heavy atom. The summed E-state index contributed by atoms with van der Waals surface area (Å²) in [4.78, 5) is 20.5. The van der Waals surface area contributed by atoms with Crippen molar-refractivity contribution < 1.29 is 14.3 Å². The molecule has 1 atom stereocenters. The number of aliphatic carboxylic acids is 1. The summed E-state index contributed by atoms with van der Waals surface area (Å²) < 4.78 is 13.9. The van der Waals surface area contributed by atoms with Gasteiger partial charge >= 0.3 is 5.97 Å². The van der Waals surface area contributed by atoms with E-state index in [1.807, 2.05) is 6.92 Å². The summed E-state index contributed by atoms with van der Waals surface area (Å²) in [5.74, 6) is -1.36. The molecule has 0 spiro atoms. The lowest BCUT2D eigenvalue weighted by molar-refractivity contribution is -0.141. The Morgan fingerprint density at radius 3 is 2.70 bits per heavy atom. The number of carboxylic acids is 1. The quantitative estimate of drug-likeness (QED) is 0.943. The zero-order valence-corrected chi connectivity index (χ0v) is 13.0. The van der Waals surface area contributed by atoms with E-state index in [4.69, 9.17) is 0 Å². The van der Waals surface area contributed by atoms with Crippen molar-refractivity contribution >= 4 is 11.5 Å². The predicted octanol–water partition coefficient (Wildman–Crippen LogP) is 3.43. The first-order valence-corrected chi connectivity index (χ1v) is 7.44. The van der Waals surface area contributed by atoms with Crippen LogP contribution in [0, 0.1) is 19.7 Å². The Labute approximate surface area is 133 Å². The molecule has 23 heavy (non-hydrogen) atoms. The van der Waals surface area contributed by atoms with Crippen LogP contribution in [0.3, 0.4) is 0 Å². The summed E-state index contributed by atoms with van der Waals surface area (Å²) in [6.07, 6.45) is 5.97. The molecule has 0 fully saturated rings. The van der Waals surface area contributed by atoms with Crippen molar-refractivity contribution in [3.05, 3.63) is 65.0 Å². The molecule has 3 rings (SSSR count). The maximum Gasteiger partial charge on any atom is 0.318 e. The van der Waals surface area contributed by atoms with E-state index >= 15 is 0 Å². The molecule has 0 saturated heterocycles. The fourth-order valence-electron chi connectivity index (χ4n) is 3.12. The molecule has 2 aromatic rings. The van der Waals surface area contributed by atoms with Gasteiger partial charge in [0.15, 0.2) is 0 Å². The summed E-state index contributed by atoms with van der Waals surface area (Å²) >= 11 is 0. The van der Waals surface area contributed by atoms with Crippen molar-refractivity contribution in [2.24, 2.45) is 0 Å². The molecule has 0 bridgehead atoms. The van der Waals surface area contributed by atoms with Gasteiger partial charge in [-0.05, 0) is 49.5 Å². The van der Waals surface area contributed by atoms with Crippen LogP contribution in [0.1, 0.15) is 35.4 Å². The number of halogens is 1. The summed E-state index contributed by atoms with van der Waals surface area (Å²) in [5.41, 5.74) is 1.98. The molecule has 0 aliphatic heterocycles. The van der Waals surface area contributed by atoms with Crippen LogP contribution < -0.4 is 0 Å². The minimum Gasteiger partial charge on any atom is -0.480 e. The fourth-order valence-corrected chi connectivity index (χ4v) is 3.12. The van der Waals surface area contributed by atoms with Crippen molar-refractivity contribution in [3.8, 4) is 0 Å². The molecule has 0 saturated carbocycles. The van der Waals surface area contributed by atoms with Crippen molar-refractivity contribution in [2.75, 3.05) is 0 Å². The Morgan fingerprint density at radius 2 is 2.04 bits per heavy atom. The SMILES string of the molecule is Cc1cnc(C2=C[C@](C(=O)O)(c3cccc(F)c3C)CC2)cn1. The molecule has 1 aromatic heterocycles. The van der Waals surface area contributed by atoms with Crippen LogP contribution in [0.4, 0.5) is 4.39 Å². The van der Waals surface area contributed by atoms with Crippen molar-refractivity contribution in [1.29, 1.82) is 0 Å². The Hall–Kier alpha value is -2.56. The molecule has 0 unspecified atom stereocenters. The Kier molecular flexibility index (Phi) is 3.72. The zero-order valence-electron chi connectivity index (χ0n) is 13.0. The van der Waals surface area contributed by atoms with Crippen molar-refractivity contribution in [2.45, 2.75) is 32.1 Å². The zero-order chi connectivity index (χ0) is 16.6. The van der Waals surface area contributed by atoms with Gasteiger partial charge < -0.3 is 5.11 Å². The molecule has 1 heterocycles. The number of aryl methyl sites for hydroxylation is 1. The topological polar surface area (TPSA) is 63.1 Å². The molecule has 1 aromatic carbocycles. The summed E-state index contributed by atoms with van der Waals surface area (Å²) in [6, 6.07) is 4.59. The molecule has 1 aliphatic carbocycles. The first-order valence-electron chi connectivity index (χ1n) is 7.44. The van der Waals surface area contributed by atoms with Gasteiger partial charge in [-0.15, -0.1) is 0 Å². The molecular formula is C18H17FN2O2. The molecule has 118 valence electrons. The lowest BCUT2D eigenvalue weighted by Gasteiger charge is -2.24. The van der Waals surface area contributed by atoms with Crippen LogP contribution in [0.2, 0.25) is 0 Å². The third-order valence-corrected chi connectivity index (χ3v) is 4.45. The van der Waals surface area contributed by atoms with Gasteiger partial charge in [-0.25, -0.2) is 4.39 Å². The van der Waals surface area contributed by atoms with Gasteiger partial charge in [0.05, 0.1) is 17.6 Å². The maximum atomic E-state index is 13.9. The third-order valence-electron chi connectivity index (χ3n) is 4.45. The van der Waals surface area contributed by atoms with Crippen molar-refractivity contribution in [1.82, 2.24) is 9.97 Å². The van der Waals surface area contributed by atoms with E-state index < -0.39 is 11.4 Å². The van der Waals surface area contributed by atoms with Crippen LogP contribution in [0.15, 0.2) is 36.7 Å². The highest BCUT2D eigenvalue weighted by Crippen LogP contribution is 2.44. The van der Waals surface area contributed by atoms with Gasteiger partial charge in [-0.2, -0.15) is 0 Å². The first-order chi connectivity index (χ1) is 10.9. The standard InChI is InChI=1S/C18H17FN2O2/c1-11-9-21-16(10-20-11)13-6-7-18(8-13,17(22)23)14-4-3-5-15(19)12(14)2/h3-5,8-10H,6-7H2,1-2H3,(H,22,23)/t18-/m0/s1. The average molecular weight is 312 g/mol. The number of hydrogen-bond donors (Lipinski definition) is 1. The maximum absolute atomic E-state index is 13.9. The number of nitrogens with zero attached hydrogens (tertiary/aromatic N) is 2. The van der Waals surface area contributed by atoms with Crippen molar-refractivity contribution in [3.63, 3.8) is 0 Å². The Balaban J connectivity index is 2.12. The highest BCUT2D eigenvalue weighted by Gasteiger charge is 2.43. The minimum atomic E-state index is -1.21. The van der Waals surface area contributed by atoms with E-state index in [2.05, 4.69) is 9.97 Å². The lowest BCUT2D eigenvalue weighted by atomic mass is 9.78. The number of allylic oxidation sites excluding steroid dienone is 1. The lowest BCUT2D eigenvalue weighted by Crippen LogP contribution is -2.32. The summed E-state index contributed by atoms with van der Waals surface area (Å²) in [6.45, 7) is 3.46. The molecule has 5 heteroatoms. The number of carboxylic acid groups (broad SMARTS) is 1. The smallest absolute Gasteiger partial charge is 0.318 e. The molecular weight excluding hydrogens is 295 g/mol. The van der Waals surface area contributed by atoms with E-state index in [0.29, 0.717) is 29.7 Å². The van der Waals surface area contributed by atoms with Crippen LogP contribution >= 0.6 is 0 Å². The van der Waals surface area contributed by atoms with Gasteiger partial charge in [-0.3, -0.25) is 14.8 Å². The van der Waals surface area contributed by atoms with E-state index in [1.165, 1.54) is 6.07 Å². The molecule has 0 amide bonds. The number of rotatable bonds is 3. The molecule has 1 aliphatic rings. The number of benzene rings is 1. The van der Waals surface area contributed by atoms with E-state index in [-0.39, 0.29) is 5.82 Å². The summed E-state index contributed by atoms with van der Waals surface area (Å²) in [5, 5.41) is 9.84. The largest absolute Gasteiger partial charge is 0.480 e. The second kappa shape index (κ2) is 5.57. The third kappa shape index (κ3) is 2.52. The Bertz CT molecular complexity index is 799.